The first-order valence-electron chi connectivity index (χ1n) is 4.98. The number of rotatable bonds is 3. The van der Waals surface area contributed by atoms with Crippen molar-refractivity contribution in [2.75, 3.05) is 10.5 Å². The van der Waals surface area contributed by atoms with Crippen LogP contribution in [0.15, 0.2) is 47.5 Å². The van der Waals surface area contributed by atoms with Gasteiger partial charge in [-0.3, -0.25) is 4.72 Å². The fourth-order valence-corrected chi connectivity index (χ4v) is 2.64. The smallest absolute Gasteiger partial charge is 0.263 e. The Hall–Kier alpha value is -1.79. The lowest BCUT2D eigenvalue weighted by Crippen LogP contribution is -2.14. The fraction of sp³-hybridized carbons (Fsp3) is 0. The highest BCUT2D eigenvalue weighted by Gasteiger charge is 2.16. The molecule has 0 spiro atoms. The minimum Gasteiger partial charge on any atom is -0.399 e. The summed E-state index contributed by atoms with van der Waals surface area (Å²) in [6.07, 6.45) is 1.45. The lowest BCUT2D eigenvalue weighted by molar-refractivity contribution is 0.601. The maximum Gasteiger partial charge on any atom is 0.263 e. The second-order valence-corrected chi connectivity index (χ2v) is 5.60. The number of aromatic nitrogens is 1. The summed E-state index contributed by atoms with van der Waals surface area (Å²) in [7, 11) is -3.74. The Kier molecular flexibility index (Phi) is 3.40. The second-order valence-electron chi connectivity index (χ2n) is 3.51. The van der Waals surface area contributed by atoms with E-state index in [0.717, 1.165) is 0 Å². The second kappa shape index (κ2) is 4.83. The van der Waals surface area contributed by atoms with E-state index in [9.17, 15) is 8.42 Å². The van der Waals surface area contributed by atoms with Crippen molar-refractivity contribution >= 4 is 33.1 Å². The minimum absolute atomic E-state index is 0.0595. The van der Waals surface area contributed by atoms with Gasteiger partial charge >= 0.3 is 0 Å². The van der Waals surface area contributed by atoms with E-state index in [2.05, 4.69) is 9.71 Å². The molecule has 2 aromatic rings. The Morgan fingerprint density at radius 3 is 2.67 bits per heavy atom. The predicted molar refractivity (Wildman–Crippen MR) is 70.9 cm³/mol. The molecule has 7 heteroatoms. The molecule has 94 valence electrons. The largest absolute Gasteiger partial charge is 0.399 e. The first kappa shape index (κ1) is 12.7. The van der Waals surface area contributed by atoms with Gasteiger partial charge in [0.1, 0.15) is 0 Å². The average Bonchev–Trinajstić information content (AvgIpc) is 2.32. The van der Waals surface area contributed by atoms with E-state index in [1.807, 2.05) is 0 Å². The molecule has 18 heavy (non-hydrogen) atoms. The molecule has 1 aromatic carbocycles. The van der Waals surface area contributed by atoms with Crippen LogP contribution in [0.3, 0.4) is 0 Å². The number of sulfonamides is 1. The van der Waals surface area contributed by atoms with E-state index in [-0.39, 0.29) is 15.7 Å². The van der Waals surface area contributed by atoms with Gasteiger partial charge in [0, 0.05) is 11.9 Å². The Morgan fingerprint density at radius 1 is 1.22 bits per heavy atom. The van der Waals surface area contributed by atoms with Crippen LogP contribution >= 0.6 is 11.6 Å². The molecule has 0 saturated carbocycles. The van der Waals surface area contributed by atoms with Crippen LogP contribution < -0.4 is 10.5 Å². The standard InChI is InChI=1S/C11H10ClN3O2S/c12-10-5-2-6-14-11(10)15-18(16,17)9-4-1-3-8(13)7-9/h1-7H,13H2,(H,14,15). The third kappa shape index (κ3) is 2.72. The molecule has 0 fully saturated rings. The number of nitrogen functional groups attached to an aromatic ring is 1. The summed E-state index contributed by atoms with van der Waals surface area (Å²) >= 11 is 5.83. The molecule has 5 nitrogen and oxygen atoms in total. The highest BCUT2D eigenvalue weighted by molar-refractivity contribution is 7.92. The maximum absolute atomic E-state index is 12.0. The number of nitrogens with one attached hydrogen (secondary N) is 1. The number of nitrogens with two attached hydrogens (primary N) is 1. The zero-order valence-corrected chi connectivity index (χ0v) is 10.7. The van der Waals surface area contributed by atoms with Gasteiger partial charge in [-0.2, -0.15) is 0 Å². The van der Waals surface area contributed by atoms with Crippen molar-refractivity contribution in [3.8, 4) is 0 Å². The van der Waals surface area contributed by atoms with Crippen molar-refractivity contribution in [1.29, 1.82) is 0 Å². The summed E-state index contributed by atoms with van der Waals surface area (Å²) in [4.78, 5) is 3.92. The van der Waals surface area contributed by atoms with E-state index in [0.29, 0.717) is 5.69 Å². The molecule has 3 N–H and O–H groups in total. The van der Waals surface area contributed by atoms with E-state index >= 15 is 0 Å². The molecule has 0 aliphatic carbocycles. The molecule has 0 saturated heterocycles. The Morgan fingerprint density at radius 2 is 2.00 bits per heavy atom. The van der Waals surface area contributed by atoms with Crippen molar-refractivity contribution < 1.29 is 8.42 Å². The van der Waals surface area contributed by atoms with Crippen LogP contribution in [-0.4, -0.2) is 13.4 Å². The first-order chi connectivity index (χ1) is 8.49. The zero-order valence-electron chi connectivity index (χ0n) is 9.17. The molecule has 0 radical (unpaired) electrons. The summed E-state index contributed by atoms with van der Waals surface area (Å²) in [5.41, 5.74) is 5.91. The molecule has 0 aliphatic rings. The lowest BCUT2D eigenvalue weighted by atomic mass is 10.3. The van der Waals surface area contributed by atoms with Crippen molar-refractivity contribution in [2.24, 2.45) is 0 Å². The number of anilines is 2. The van der Waals surface area contributed by atoms with Crippen LogP contribution in [0.5, 0.6) is 0 Å². The monoisotopic (exact) mass is 283 g/mol. The summed E-state index contributed by atoms with van der Waals surface area (Å²) in [5.74, 6) is 0.0848. The SMILES string of the molecule is Nc1cccc(S(=O)(=O)Nc2ncccc2Cl)c1. The van der Waals surface area contributed by atoms with Gasteiger partial charge in [-0.15, -0.1) is 0 Å². The number of hydrogen-bond acceptors (Lipinski definition) is 4. The third-order valence-corrected chi connectivity index (χ3v) is 3.80. The van der Waals surface area contributed by atoms with Crippen LogP contribution in [0.4, 0.5) is 11.5 Å². The van der Waals surface area contributed by atoms with E-state index < -0.39 is 10.0 Å². The number of halogens is 1. The van der Waals surface area contributed by atoms with Gasteiger partial charge in [0.15, 0.2) is 5.82 Å². The number of hydrogen-bond donors (Lipinski definition) is 2. The molecule has 2 rings (SSSR count). The topological polar surface area (TPSA) is 85.1 Å². The van der Waals surface area contributed by atoms with Gasteiger partial charge < -0.3 is 5.73 Å². The Bertz CT molecular complexity index is 673. The molecule has 0 unspecified atom stereocenters. The third-order valence-electron chi connectivity index (χ3n) is 2.16. The molecule has 0 aliphatic heterocycles. The first-order valence-corrected chi connectivity index (χ1v) is 6.84. The predicted octanol–water partition coefficient (Wildman–Crippen LogP) is 2.12. The summed E-state index contributed by atoms with van der Waals surface area (Å²) < 4.78 is 26.4. The van der Waals surface area contributed by atoms with E-state index in [1.54, 1.807) is 24.3 Å². The fourth-order valence-electron chi connectivity index (χ4n) is 1.33. The van der Waals surface area contributed by atoms with Gasteiger partial charge in [-0.05, 0) is 30.3 Å². The number of pyridine rings is 1. The van der Waals surface area contributed by atoms with Gasteiger partial charge in [0.25, 0.3) is 10.0 Å². The van der Waals surface area contributed by atoms with Gasteiger partial charge in [0.05, 0.1) is 9.92 Å². The van der Waals surface area contributed by atoms with Crippen LogP contribution in [0.1, 0.15) is 0 Å². The van der Waals surface area contributed by atoms with Crippen LogP contribution in [-0.2, 0) is 10.0 Å². The maximum atomic E-state index is 12.0. The minimum atomic E-state index is -3.74. The van der Waals surface area contributed by atoms with Crippen molar-refractivity contribution in [3.05, 3.63) is 47.6 Å². The molecule has 1 heterocycles. The van der Waals surface area contributed by atoms with Crippen LogP contribution in [0, 0.1) is 0 Å². The molecule has 0 bridgehead atoms. The molecule has 0 atom stereocenters. The Labute approximate surface area is 110 Å². The summed E-state index contributed by atoms with van der Waals surface area (Å²) in [6, 6.07) is 9.12. The normalized spacial score (nSPS) is 11.2. The lowest BCUT2D eigenvalue weighted by Gasteiger charge is -2.08. The van der Waals surface area contributed by atoms with E-state index in [4.69, 9.17) is 17.3 Å². The van der Waals surface area contributed by atoms with Crippen molar-refractivity contribution in [2.45, 2.75) is 4.90 Å². The quantitative estimate of drug-likeness (QED) is 0.845. The van der Waals surface area contributed by atoms with Crippen molar-refractivity contribution in [3.63, 3.8) is 0 Å². The molecule has 1 aromatic heterocycles. The summed E-state index contributed by atoms with van der Waals surface area (Å²) in [5, 5.41) is 0.227. The highest BCUT2D eigenvalue weighted by Crippen LogP contribution is 2.22. The van der Waals surface area contributed by atoms with Gasteiger partial charge in [-0.25, -0.2) is 13.4 Å². The number of benzene rings is 1. The summed E-state index contributed by atoms with van der Waals surface area (Å²) in [6.45, 7) is 0. The average molecular weight is 284 g/mol. The Balaban J connectivity index is 2.37. The molecule has 0 amide bonds. The van der Waals surface area contributed by atoms with Gasteiger partial charge in [-0.1, -0.05) is 17.7 Å². The van der Waals surface area contributed by atoms with E-state index in [1.165, 1.54) is 18.3 Å². The van der Waals surface area contributed by atoms with Crippen molar-refractivity contribution in [1.82, 2.24) is 4.98 Å². The van der Waals surface area contributed by atoms with Crippen LogP contribution in [0.2, 0.25) is 5.02 Å². The highest BCUT2D eigenvalue weighted by atomic mass is 35.5. The molecular formula is C11H10ClN3O2S. The molecular weight excluding hydrogens is 274 g/mol. The van der Waals surface area contributed by atoms with Gasteiger partial charge in [0.2, 0.25) is 0 Å². The number of nitrogens with zero attached hydrogens (tertiary/aromatic N) is 1. The van der Waals surface area contributed by atoms with Crippen LogP contribution in [0.25, 0.3) is 0 Å². The zero-order chi connectivity index (χ0) is 13.2.